The summed E-state index contributed by atoms with van der Waals surface area (Å²) in [6.07, 6.45) is 0. The van der Waals surface area contributed by atoms with E-state index in [9.17, 15) is 9.90 Å². The molecule has 0 amide bonds. The number of hydrogen-bond donors (Lipinski definition) is 1. The number of methoxy groups -OCH3 is 1. The largest absolute Gasteiger partial charge is 0.504 e. The van der Waals surface area contributed by atoms with Crippen LogP contribution in [0.2, 0.25) is 0 Å². The highest BCUT2D eigenvalue weighted by atomic mass is 16.5. The summed E-state index contributed by atoms with van der Waals surface area (Å²) in [7, 11) is 1.44. The second-order valence-electron chi connectivity index (χ2n) is 4.44. The van der Waals surface area contributed by atoms with Gasteiger partial charge in [-0.2, -0.15) is 0 Å². The summed E-state index contributed by atoms with van der Waals surface area (Å²) in [5.41, 5.74) is 0.915. The van der Waals surface area contributed by atoms with Gasteiger partial charge in [-0.25, -0.2) is 4.79 Å². The Labute approximate surface area is 108 Å². The van der Waals surface area contributed by atoms with E-state index in [2.05, 4.69) is 0 Å². The Kier molecular flexibility index (Phi) is 2.32. The molecule has 0 saturated carbocycles. The van der Waals surface area contributed by atoms with Crippen LogP contribution in [0.4, 0.5) is 0 Å². The van der Waals surface area contributed by atoms with Crippen molar-refractivity contribution in [1.29, 1.82) is 0 Å². The molecule has 2 aromatic heterocycles. The van der Waals surface area contributed by atoms with Crippen molar-refractivity contribution in [2.75, 3.05) is 7.11 Å². The zero-order valence-electron chi connectivity index (χ0n) is 10.7. The quantitative estimate of drug-likeness (QED) is 0.728. The van der Waals surface area contributed by atoms with Gasteiger partial charge in [0.2, 0.25) is 5.75 Å². The summed E-state index contributed by atoms with van der Waals surface area (Å²) < 4.78 is 15.9. The van der Waals surface area contributed by atoms with Crippen molar-refractivity contribution >= 4 is 21.9 Å². The molecular formula is C14H12O5. The number of phenolic OH excluding ortho intramolecular Hbond substituents is 1. The molecule has 1 N–H and O–H groups in total. The van der Waals surface area contributed by atoms with Crippen LogP contribution in [0.15, 0.2) is 25.8 Å². The van der Waals surface area contributed by atoms with Crippen LogP contribution in [0.5, 0.6) is 11.5 Å². The summed E-state index contributed by atoms with van der Waals surface area (Å²) in [5.74, 6) is 0.704. The van der Waals surface area contributed by atoms with Crippen LogP contribution in [-0.4, -0.2) is 12.2 Å². The summed E-state index contributed by atoms with van der Waals surface area (Å²) in [4.78, 5) is 11.9. The summed E-state index contributed by atoms with van der Waals surface area (Å²) in [6.45, 7) is 3.40. The fourth-order valence-corrected chi connectivity index (χ4v) is 2.25. The molecule has 1 aromatic carbocycles. The molecule has 0 aliphatic heterocycles. The van der Waals surface area contributed by atoms with Crippen LogP contribution in [0.3, 0.4) is 0 Å². The second-order valence-corrected chi connectivity index (χ2v) is 4.44. The maximum absolute atomic E-state index is 11.9. The topological polar surface area (TPSA) is 72.8 Å². The van der Waals surface area contributed by atoms with Gasteiger partial charge in [0.1, 0.15) is 16.7 Å². The molecule has 5 nitrogen and oxygen atoms in total. The maximum atomic E-state index is 11.9. The van der Waals surface area contributed by atoms with E-state index in [1.807, 2.05) is 0 Å². The van der Waals surface area contributed by atoms with Crippen molar-refractivity contribution in [3.63, 3.8) is 0 Å². The Morgan fingerprint density at radius 1 is 1.21 bits per heavy atom. The van der Waals surface area contributed by atoms with Gasteiger partial charge < -0.3 is 18.7 Å². The molecule has 2 heterocycles. The monoisotopic (exact) mass is 260 g/mol. The van der Waals surface area contributed by atoms with Crippen LogP contribution in [0.25, 0.3) is 21.9 Å². The molecule has 0 bridgehead atoms. The van der Waals surface area contributed by atoms with Crippen LogP contribution in [0.1, 0.15) is 11.3 Å². The molecule has 0 aliphatic carbocycles. The lowest BCUT2D eigenvalue weighted by atomic mass is 10.1. The van der Waals surface area contributed by atoms with E-state index in [4.69, 9.17) is 13.6 Å². The van der Waals surface area contributed by atoms with Crippen LogP contribution >= 0.6 is 0 Å². The fraction of sp³-hybridized carbons (Fsp3) is 0.214. The van der Waals surface area contributed by atoms with Gasteiger partial charge in [-0.15, -0.1) is 0 Å². The molecule has 98 valence electrons. The highest BCUT2D eigenvalue weighted by Gasteiger charge is 2.20. The van der Waals surface area contributed by atoms with Gasteiger partial charge in [-0.1, -0.05) is 0 Å². The molecule has 3 aromatic rings. The third-order valence-electron chi connectivity index (χ3n) is 3.12. The Hall–Kier alpha value is -2.43. The van der Waals surface area contributed by atoms with Gasteiger partial charge in [-0.3, -0.25) is 0 Å². The number of aromatic hydroxyl groups is 1. The Balaban J connectivity index is 2.62. The van der Waals surface area contributed by atoms with E-state index in [1.165, 1.54) is 7.11 Å². The summed E-state index contributed by atoms with van der Waals surface area (Å²) in [5, 5.41) is 10.9. The minimum absolute atomic E-state index is 0.00941. The Morgan fingerprint density at radius 2 is 1.95 bits per heavy atom. The van der Waals surface area contributed by atoms with Gasteiger partial charge in [0.05, 0.1) is 7.11 Å². The van der Waals surface area contributed by atoms with Crippen molar-refractivity contribution in [3.05, 3.63) is 33.9 Å². The average Bonchev–Trinajstić information content (AvgIpc) is 2.68. The Bertz CT molecular complexity index is 854. The minimum Gasteiger partial charge on any atom is -0.504 e. The number of benzene rings is 1. The predicted octanol–water partition coefficient (Wildman–Crippen LogP) is 2.87. The molecule has 19 heavy (non-hydrogen) atoms. The lowest BCUT2D eigenvalue weighted by Crippen LogP contribution is -1.98. The lowest BCUT2D eigenvalue weighted by Gasteiger charge is -2.05. The lowest BCUT2D eigenvalue weighted by molar-refractivity contribution is 0.370. The first-order chi connectivity index (χ1) is 9.02. The molecule has 3 rings (SSSR count). The minimum atomic E-state index is -0.458. The van der Waals surface area contributed by atoms with E-state index < -0.39 is 5.63 Å². The average molecular weight is 260 g/mol. The van der Waals surface area contributed by atoms with Gasteiger partial charge in [-0.05, 0) is 25.5 Å². The van der Waals surface area contributed by atoms with Gasteiger partial charge in [0, 0.05) is 11.5 Å². The van der Waals surface area contributed by atoms with Gasteiger partial charge in [0.15, 0.2) is 11.3 Å². The first-order valence-electron chi connectivity index (χ1n) is 5.76. The Morgan fingerprint density at radius 3 is 2.63 bits per heavy atom. The third-order valence-corrected chi connectivity index (χ3v) is 3.12. The highest BCUT2D eigenvalue weighted by Crippen LogP contribution is 2.41. The number of rotatable bonds is 1. The number of ether oxygens (including phenoxy) is 1. The van der Waals surface area contributed by atoms with Crippen molar-refractivity contribution in [2.45, 2.75) is 13.8 Å². The molecule has 0 unspecified atom stereocenters. The smallest absolute Gasteiger partial charge is 0.347 e. The van der Waals surface area contributed by atoms with Crippen LogP contribution in [0, 0.1) is 13.8 Å². The number of aryl methyl sites for hydroxylation is 2. The number of hydrogen-bond acceptors (Lipinski definition) is 5. The summed E-state index contributed by atoms with van der Waals surface area (Å²) >= 11 is 0. The first kappa shape index (κ1) is 11.6. The first-order valence-corrected chi connectivity index (χ1v) is 5.76. The molecule has 0 fully saturated rings. The third kappa shape index (κ3) is 1.51. The molecule has 0 radical (unpaired) electrons. The standard InChI is InChI=1S/C14H12O5/c1-6-4-8-10-9(5-7(2)18-14(10)16)19-12(8)13(17-3)11(6)15/h4-5,15H,1-3H3. The number of phenols is 1. The zero-order valence-corrected chi connectivity index (χ0v) is 10.7. The van der Waals surface area contributed by atoms with Crippen LogP contribution < -0.4 is 10.4 Å². The van der Waals surface area contributed by atoms with Gasteiger partial charge >= 0.3 is 5.63 Å². The van der Waals surface area contributed by atoms with Crippen LogP contribution in [-0.2, 0) is 0 Å². The summed E-state index contributed by atoms with van der Waals surface area (Å²) in [6, 6.07) is 3.33. The fourth-order valence-electron chi connectivity index (χ4n) is 2.25. The predicted molar refractivity (Wildman–Crippen MR) is 69.9 cm³/mol. The van der Waals surface area contributed by atoms with Crippen molar-refractivity contribution in [1.82, 2.24) is 0 Å². The molecule has 5 heteroatoms. The number of furan rings is 1. The van der Waals surface area contributed by atoms with E-state index in [1.54, 1.807) is 26.0 Å². The SMILES string of the molecule is COc1c(O)c(C)cc2c1oc1cc(C)oc(=O)c12. The van der Waals surface area contributed by atoms with Crippen molar-refractivity contribution < 1.29 is 18.7 Å². The van der Waals surface area contributed by atoms with E-state index >= 15 is 0 Å². The van der Waals surface area contributed by atoms with E-state index in [-0.39, 0.29) is 11.5 Å². The highest BCUT2D eigenvalue weighted by molar-refractivity contribution is 6.07. The normalized spacial score (nSPS) is 11.3. The van der Waals surface area contributed by atoms with Gasteiger partial charge in [0.25, 0.3) is 0 Å². The number of fused-ring (bicyclic) bond motifs is 3. The van der Waals surface area contributed by atoms with Crippen molar-refractivity contribution in [2.24, 2.45) is 0 Å². The maximum Gasteiger partial charge on any atom is 0.347 e. The molecule has 0 spiro atoms. The second kappa shape index (κ2) is 3.78. The molecular weight excluding hydrogens is 248 g/mol. The molecule has 0 aliphatic rings. The zero-order chi connectivity index (χ0) is 13.7. The van der Waals surface area contributed by atoms with E-state index in [0.29, 0.717) is 33.3 Å². The molecule has 0 atom stereocenters. The van der Waals surface area contributed by atoms with E-state index in [0.717, 1.165) is 0 Å². The molecule has 0 saturated heterocycles. The van der Waals surface area contributed by atoms with Crippen molar-refractivity contribution in [3.8, 4) is 11.5 Å².